The number of nitrogens with zero attached hydrogens (tertiary/aromatic N) is 2. The molecule has 4 nitrogen and oxygen atoms in total. The monoisotopic (exact) mass is 229 g/mol. The van der Waals surface area contributed by atoms with Gasteiger partial charge in [0.2, 0.25) is 0 Å². The van der Waals surface area contributed by atoms with Gasteiger partial charge in [0, 0.05) is 25.7 Å². The molecule has 0 aromatic rings. The van der Waals surface area contributed by atoms with Crippen molar-refractivity contribution in [3.05, 3.63) is 0 Å². The second-order valence-electron chi connectivity index (χ2n) is 4.01. The van der Waals surface area contributed by atoms with E-state index in [2.05, 4.69) is 31.0 Å². The van der Waals surface area contributed by atoms with Crippen LogP contribution in [0.4, 0.5) is 4.79 Å². The lowest BCUT2D eigenvalue weighted by Gasteiger charge is -2.26. The molecule has 0 saturated heterocycles. The summed E-state index contributed by atoms with van der Waals surface area (Å²) in [6.45, 7) is 14.8. The van der Waals surface area contributed by atoms with Gasteiger partial charge in [-0.15, -0.1) is 0 Å². The lowest BCUT2D eigenvalue weighted by molar-refractivity contribution is 0.193. The fourth-order valence-corrected chi connectivity index (χ4v) is 1.73. The highest BCUT2D eigenvalue weighted by Crippen LogP contribution is 1.94. The highest BCUT2D eigenvalue weighted by atomic mass is 16.2. The van der Waals surface area contributed by atoms with Crippen molar-refractivity contribution in [2.24, 2.45) is 0 Å². The first-order valence-corrected chi connectivity index (χ1v) is 6.36. The van der Waals surface area contributed by atoms with Crippen LogP contribution in [0.5, 0.6) is 0 Å². The molecule has 0 aliphatic heterocycles. The molecule has 1 unspecified atom stereocenters. The smallest absolute Gasteiger partial charge is 0.317 e. The molecule has 4 heteroatoms. The van der Waals surface area contributed by atoms with E-state index in [-0.39, 0.29) is 12.1 Å². The molecule has 0 aliphatic rings. The van der Waals surface area contributed by atoms with Gasteiger partial charge >= 0.3 is 6.03 Å². The normalized spacial score (nSPS) is 12.6. The SMILES string of the molecule is CCN(CC)CC(C)NC(=O)N(CC)CC. The number of carbonyl (C=O) groups is 1. The zero-order valence-corrected chi connectivity index (χ0v) is 11.4. The Morgan fingerprint density at radius 2 is 1.56 bits per heavy atom. The maximum atomic E-state index is 11.8. The first-order valence-electron chi connectivity index (χ1n) is 6.36. The predicted molar refractivity (Wildman–Crippen MR) is 68.7 cm³/mol. The summed E-state index contributed by atoms with van der Waals surface area (Å²) in [6, 6.07) is 0.248. The van der Waals surface area contributed by atoms with Gasteiger partial charge < -0.3 is 15.1 Å². The summed E-state index contributed by atoms with van der Waals surface area (Å²) in [5.74, 6) is 0. The average Bonchev–Trinajstić information content (AvgIpc) is 2.27. The molecule has 0 fully saturated rings. The second kappa shape index (κ2) is 8.39. The van der Waals surface area contributed by atoms with Crippen molar-refractivity contribution in [2.75, 3.05) is 32.7 Å². The predicted octanol–water partition coefficient (Wildman–Crippen LogP) is 1.77. The van der Waals surface area contributed by atoms with Crippen molar-refractivity contribution in [3.63, 3.8) is 0 Å². The highest BCUT2D eigenvalue weighted by molar-refractivity contribution is 5.74. The number of hydrogen-bond donors (Lipinski definition) is 1. The van der Waals surface area contributed by atoms with Crippen LogP contribution in [-0.2, 0) is 0 Å². The Labute approximate surface area is 100.0 Å². The van der Waals surface area contributed by atoms with Crippen molar-refractivity contribution in [1.82, 2.24) is 15.1 Å². The van der Waals surface area contributed by atoms with Gasteiger partial charge in [-0.1, -0.05) is 13.8 Å². The Kier molecular flexibility index (Phi) is 7.99. The molecule has 0 spiro atoms. The standard InChI is InChI=1S/C12H27N3O/c1-6-14(7-2)10-11(5)13-12(16)15(8-3)9-4/h11H,6-10H2,1-5H3,(H,13,16). The molecule has 0 rings (SSSR count). The summed E-state index contributed by atoms with van der Waals surface area (Å²) >= 11 is 0. The van der Waals surface area contributed by atoms with E-state index in [1.807, 2.05) is 13.8 Å². The molecular formula is C12H27N3O. The summed E-state index contributed by atoms with van der Waals surface area (Å²) in [5.41, 5.74) is 0. The third-order valence-corrected chi connectivity index (χ3v) is 2.85. The van der Waals surface area contributed by atoms with Crippen LogP contribution in [-0.4, -0.2) is 54.6 Å². The topological polar surface area (TPSA) is 35.6 Å². The van der Waals surface area contributed by atoms with Crippen LogP contribution in [0.15, 0.2) is 0 Å². The van der Waals surface area contributed by atoms with Gasteiger partial charge in [0.05, 0.1) is 0 Å². The van der Waals surface area contributed by atoms with Gasteiger partial charge in [-0.2, -0.15) is 0 Å². The Morgan fingerprint density at radius 1 is 1.06 bits per heavy atom. The number of urea groups is 1. The first-order chi connectivity index (χ1) is 7.58. The minimum atomic E-state index is 0.0460. The fourth-order valence-electron chi connectivity index (χ4n) is 1.73. The molecule has 0 aromatic heterocycles. The average molecular weight is 229 g/mol. The zero-order valence-electron chi connectivity index (χ0n) is 11.4. The molecule has 1 N–H and O–H groups in total. The van der Waals surface area contributed by atoms with E-state index in [4.69, 9.17) is 0 Å². The highest BCUT2D eigenvalue weighted by Gasteiger charge is 2.13. The molecular weight excluding hydrogens is 202 g/mol. The van der Waals surface area contributed by atoms with E-state index in [0.29, 0.717) is 0 Å². The van der Waals surface area contributed by atoms with E-state index >= 15 is 0 Å². The Morgan fingerprint density at radius 3 is 1.94 bits per heavy atom. The number of rotatable bonds is 7. The van der Waals surface area contributed by atoms with Gasteiger partial charge in [-0.25, -0.2) is 4.79 Å². The van der Waals surface area contributed by atoms with Crippen LogP contribution in [0.3, 0.4) is 0 Å². The second-order valence-corrected chi connectivity index (χ2v) is 4.01. The molecule has 0 heterocycles. The Balaban J connectivity index is 4.03. The Bertz CT molecular complexity index is 189. The van der Waals surface area contributed by atoms with E-state index in [0.717, 1.165) is 32.7 Å². The third-order valence-electron chi connectivity index (χ3n) is 2.85. The number of likely N-dealkylation sites (N-methyl/N-ethyl adjacent to an activating group) is 1. The van der Waals surface area contributed by atoms with E-state index in [9.17, 15) is 4.79 Å². The maximum Gasteiger partial charge on any atom is 0.317 e. The molecule has 0 saturated carbocycles. The minimum Gasteiger partial charge on any atom is -0.334 e. The molecule has 0 radical (unpaired) electrons. The van der Waals surface area contributed by atoms with Crippen molar-refractivity contribution in [2.45, 2.75) is 40.7 Å². The van der Waals surface area contributed by atoms with Gasteiger partial charge in [0.25, 0.3) is 0 Å². The lowest BCUT2D eigenvalue weighted by Crippen LogP contribution is -2.47. The number of nitrogens with one attached hydrogen (secondary N) is 1. The fraction of sp³-hybridized carbons (Fsp3) is 0.917. The molecule has 0 aliphatic carbocycles. The number of hydrogen-bond acceptors (Lipinski definition) is 2. The minimum absolute atomic E-state index is 0.0460. The summed E-state index contributed by atoms with van der Waals surface area (Å²) in [4.78, 5) is 15.9. The summed E-state index contributed by atoms with van der Waals surface area (Å²) in [5, 5.41) is 3.03. The van der Waals surface area contributed by atoms with Gasteiger partial charge in [0.1, 0.15) is 0 Å². The lowest BCUT2D eigenvalue weighted by atomic mass is 10.3. The van der Waals surface area contributed by atoms with Crippen LogP contribution >= 0.6 is 0 Å². The molecule has 1 atom stereocenters. The van der Waals surface area contributed by atoms with Crippen molar-refractivity contribution in [1.29, 1.82) is 0 Å². The molecule has 2 amide bonds. The zero-order chi connectivity index (χ0) is 12.6. The third kappa shape index (κ3) is 5.35. The van der Waals surface area contributed by atoms with Crippen LogP contribution in [0.2, 0.25) is 0 Å². The quantitative estimate of drug-likeness (QED) is 0.722. The molecule has 16 heavy (non-hydrogen) atoms. The van der Waals surface area contributed by atoms with Gasteiger partial charge in [-0.05, 0) is 33.9 Å². The Hall–Kier alpha value is -0.770. The first kappa shape index (κ1) is 15.2. The number of carbonyl (C=O) groups excluding carboxylic acids is 1. The van der Waals surface area contributed by atoms with Crippen molar-refractivity contribution < 1.29 is 4.79 Å². The van der Waals surface area contributed by atoms with Crippen LogP contribution in [0, 0.1) is 0 Å². The molecule has 0 bridgehead atoms. The van der Waals surface area contributed by atoms with Crippen LogP contribution in [0.1, 0.15) is 34.6 Å². The summed E-state index contributed by atoms with van der Waals surface area (Å²) in [7, 11) is 0. The molecule has 0 aromatic carbocycles. The van der Waals surface area contributed by atoms with Crippen LogP contribution < -0.4 is 5.32 Å². The van der Waals surface area contributed by atoms with Gasteiger partial charge in [-0.3, -0.25) is 0 Å². The van der Waals surface area contributed by atoms with Crippen LogP contribution in [0.25, 0.3) is 0 Å². The van der Waals surface area contributed by atoms with E-state index in [1.165, 1.54) is 0 Å². The summed E-state index contributed by atoms with van der Waals surface area (Å²) < 4.78 is 0. The summed E-state index contributed by atoms with van der Waals surface area (Å²) in [6.07, 6.45) is 0. The number of amides is 2. The van der Waals surface area contributed by atoms with Crippen molar-refractivity contribution >= 4 is 6.03 Å². The largest absolute Gasteiger partial charge is 0.334 e. The van der Waals surface area contributed by atoms with Crippen molar-refractivity contribution in [3.8, 4) is 0 Å². The van der Waals surface area contributed by atoms with E-state index < -0.39 is 0 Å². The molecule has 96 valence electrons. The van der Waals surface area contributed by atoms with Gasteiger partial charge in [0.15, 0.2) is 0 Å². The van der Waals surface area contributed by atoms with E-state index in [1.54, 1.807) is 4.90 Å². The maximum absolute atomic E-state index is 11.8.